The van der Waals surface area contributed by atoms with Gasteiger partial charge in [0.05, 0.1) is 0 Å². The van der Waals surface area contributed by atoms with Gasteiger partial charge in [-0.2, -0.15) is 0 Å². The molecule has 0 fully saturated rings. The van der Waals surface area contributed by atoms with Crippen LogP contribution in [0.1, 0.15) is 0 Å². The maximum atomic E-state index is 6.55. The van der Waals surface area contributed by atoms with Gasteiger partial charge >= 0.3 is 0 Å². The molecule has 0 amide bonds. The predicted octanol–water partition coefficient (Wildman–Crippen LogP) is 13.8. The van der Waals surface area contributed by atoms with E-state index in [2.05, 4.69) is 170 Å². The molecule has 0 saturated heterocycles. The number of hydrogen-bond donors (Lipinski definition) is 0. The zero-order valence-electron chi connectivity index (χ0n) is 26.6. The highest BCUT2D eigenvalue weighted by Crippen LogP contribution is 2.47. The highest BCUT2D eigenvalue weighted by atomic mass is 16.3. The molecule has 11 aromatic rings. The molecule has 0 saturated carbocycles. The van der Waals surface area contributed by atoms with E-state index in [1.165, 1.54) is 81.3 Å². The van der Waals surface area contributed by atoms with Gasteiger partial charge < -0.3 is 4.42 Å². The summed E-state index contributed by atoms with van der Waals surface area (Å²) in [5.74, 6) is 0. The average Bonchev–Trinajstić information content (AvgIpc) is 3.51. The van der Waals surface area contributed by atoms with Crippen molar-refractivity contribution in [2.75, 3.05) is 0 Å². The number of furan rings is 1. The lowest BCUT2D eigenvalue weighted by atomic mass is 9.84. The first-order valence-electron chi connectivity index (χ1n) is 16.9. The Balaban J connectivity index is 1.19. The van der Waals surface area contributed by atoms with E-state index in [1.807, 2.05) is 0 Å². The molecule has 0 aliphatic heterocycles. The van der Waals surface area contributed by atoms with Crippen molar-refractivity contribution < 1.29 is 4.42 Å². The van der Waals surface area contributed by atoms with Crippen molar-refractivity contribution in [2.45, 2.75) is 0 Å². The highest BCUT2D eigenvalue weighted by molar-refractivity contribution is 6.25. The van der Waals surface area contributed by atoms with E-state index in [9.17, 15) is 0 Å². The van der Waals surface area contributed by atoms with Crippen LogP contribution in [0.2, 0.25) is 0 Å². The van der Waals surface area contributed by atoms with E-state index in [4.69, 9.17) is 4.42 Å². The molecule has 1 aromatic heterocycles. The van der Waals surface area contributed by atoms with Crippen molar-refractivity contribution in [3.63, 3.8) is 0 Å². The fourth-order valence-corrected chi connectivity index (χ4v) is 8.35. The number of hydrogen-bond acceptors (Lipinski definition) is 1. The normalized spacial score (nSPS) is 12.1. The number of benzene rings is 10. The first-order chi connectivity index (χ1) is 24.3. The lowest BCUT2D eigenvalue weighted by molar-refractivity contribution is 0.669. The van der Waals surface area contributed by atoms with Crippen LogP contribution in [0.4, 0.5) is 0 Å². The molecule has 0 unspecified atom stereocenters. The van der Waals surface area contributed by atoms with Gasteiger partial charge in [0.2, 0.25) is 0 Å². The molecule has 49 heavy (non-hydrogen) atoms. The Labute approximate surface area is 282 Å². The van der Waals surface area contributed by atoms with E-state index < -0.39 is 0 Å². The first kappa shape index (κ1) is 26.6. The monoisotopic (exact) mass is 620 g/mol. The third-order valence-electron chi connectivity index (χ3n) is 10.6. The second-order valence-corrected chi connectivity index (χ2v) is 13.2. The molecule has 11 rings (SSSR count). The molecule has 0 radical (unpaired) electrons. The van der Waals surface area contributed by atoms with Crippen LogP contribution in [0.15, 0.2) is 174 Å². The minimum absolute atomic E-state index is 0.911. The van der Waals surface area contributed by atoms with E-state index in [0.29, 0.717) is 0 Å². The number of rotatable bonds is 2. The van der Waals surface area contributed by atoms with Crippen molar-refractivity contribution in [3.8, 4) is 22.3 Å². The fraction of sp³-hybridized carbons (Fsp3) is 0. The summed E-state index contributed by atoms with van der Waals surface area (Å²) in [6, 6.07) is 62.2. The van der Waals surface area contributed by atoms with E-state index in [1.54, 1.807) is 0 Å². The summed E-state index contributed by atoms with van der Waals surface area (Å²) >= 11 is 0. The Hall–Kier alpha value is -6.44. The van der Waals surface area contributed by atoms with Crippen LogP contribution in [-0.2, 0) is 0 Å². The molecular formula is C48H28O. The summed E-state index contributed by atoms with van der Waals surface area (Å²) in [7, 11) is 0. The van der Waals surface area contributed by atoms with E-state index in [0.717, 1.165) is 27.5 Å². The topological polar surface area (TPSA) is 13.1 Å². The SMILES string of the molecule is c1ccc2cc3c(ccc4c(-c5c6ccccc6c(-c6ccc7c(c6)oc6cc8ccccc8cc67)c6ccccc56)cccc43)cc2c1. The molecule has 1 heteroatoms. The zero-order chi connectivity index (χ0) is 32.1. The molecule has 0 aliphatic carbocycles. The van der Waals surface area contributed by atoms with Crippen LogP contribution < -0.4 is 0 Å². The second kappa shape index (κ2) is 10.0. The van der Waals surface area contributed by atoms with Crippen molar-refractivity contribution in [1.82, 2.24) is 0 Å². The zero-order valence-corrected chi connectivity index (χ0v) is 26.6. The van der Waals surface area contributed by atoms with Crippen molar-refractivity contribution in [1.29, 1.82) is 0 Å². The molecule has 0 spiro atoms. The van der Waals surface area contributed by atoms with Gasteiger partial charge in [-0.1, -0.05) is 133 Å². The van der Waals surface area contributed by atoms with Crippen LogP contribution in [0.3, 0.4) is 0 Å². The minimum Gasteiger partial charge on any atom is -0.456 e. The summed E-state index contributed by atoms with van der Waals surface area (Å²) in [5.41, 5.74) is 6.76. The van der Waals surface area contributed by atoms with Gasteiger partial charge in [-0.15, -0.1) is 0 Å². The molecule has 0 bridgehead atoms. The maximum absolute atomic E-state index is 6.55. The third-order valence-corrected chi connectivity index (χ3v) is 10.6. The van der Waals surface area contributed by atoms with Gasteiger partial charge in [0.25, 0.3) is 0 Å². The van der Waals surface area contributed by atoms with Crippen LogP contribution >= 0.6 is 0 Å². The summed E-state index contributed by atoms with van der Waals surface area (Å²) in [6.07, 6.45) is 0. The predicted molar refractivity (Wildman–Crippen MR) is 210 cm³/mol. The minimum atomic E-state index is 0.911. The highest BCUT2D eigenvalue weighted by Gasteiger charge is 2.19. The lowest BCUT2D eigenvalue weighted by Crippen LogP contribution is -1.92. The summed E-state index contributed by atoms with van der Waals surface area (Å²) in [4.78, 5) is 0. The van der Waals surface area contributed by atoms with Crippen molar-refractivity contribution in [2.24, 2.45) is 0 Å². The maximum Gasteiger partial charge on any atom is 0.136 e. The lowest BCUT2D eigenvalue weighted by Gasteiger charge is -2.19. The largest absolute Gasteiger partial charge is 0.456 e. The smallest absolute Gasteiger partial charge is 0.136 e. The summed E-state index contributed by atoms with van der Waals surface area (Å²) in [5, 5.41) is 17.3. The Kier molecular flexibility index (Phi) is 5.45. The van der Waals surface area contributed by atoms with Gasteiger partial charge in [0.1, 0.15) is 11.2 Å². The Morgan fingerprint density at radius 3 is 1.49 bits per heavy atom. The van der Waals surface area contributed by atoms with E-state index >= 15 is 0 Å². The van der Waals surface area contributed by atoms with Gasteiger partial charge in [0, 0.05) is 10.8 Å². The standard InChI is InChI=1S/C48H28O/c1-2-11-30-25-43-33(24-29(30)10-1)20-22-36-35(43)18-9-19-38(36)48-41-16-7-5-14-39(41)47(40-15-6-8-17-42(40)48)34-21-23-37-44-26-31-12-3-4-13-32(31)27-46(44)49-45(37)28-34/h1-28H. The third kappa shape index (κ3) is 3.87. The van der Waals surface area contributed by atoms with Gasteiger partial charge in [-0.25, -0.2) is 0 Å². The van der Waals surface area contributed by atoms with Crippen LogP contribution in [0.5, 0.6) is 0 Å². The molecule has 0 aliphatic rings. The molecule has 0 atom stereocenters. The Morgan fingerprint density at radius 1 is 0.265 bits per heavy atom. The van der Waals surface area contributed by atoms with Crippen LogP contribution in [0.25, 0.3) is 109 Å². The summed E-state index contributed by atoms with van der Waals surface area (Å²) in [6.45, 7) is 0. The van der Waals surface area contributed by atoms with Crippen molar-refractivity contribution in [3.05, 3.63) is 170 Å². The summed E-state index contributed by atoms with van der Waals surface area (Å²) < 4.78 is 6.55. The number of fused-ring (bicyclic) bond motifs is 10. The molecule has 10 aromatic carbocycles. The molecule has 1 nitrogen and oxygen atoms in total. The molecule has 226 valence electrons. The first-order valence-corrected chi connectivity index (χ1v) is 16.9. The molecule has 1 heterocycles. The van der Waals surface area contributed by atoms with Crippen LogP contribution in [-0.4, -0.2) is 0 Å². The van der Waals surface area contributed by atoms with Crippen LogP contribution in [0, 0.1) is 0 Å². The average molecular weight is 621 g/mol. The quantitative estimate of drug-likeness (QED) is 0.138. The Morgan fingerprint density at radius 2 is 0.796 bits per heavy atom. The van der Waals surface area contributed by atoms with Crippen molar-refractivity contribution >= 4 is 86.6 Å². The fourth-order valence-electron chi connectivity index (χ4n) is 8.35. The molecule has 0 N–H and O–H groups in total. The molecular weight excluding hydrogens is 593 g/mol. The Bertz CT molecular complexity index is 3100. The van der Waals surface area contributed by atoms with Gasteiger partial charge in [-0.05, 0) is 123 Å². The van der Waals surface area contributed by atoms with E-state index in [-0.39, 0.29) is 0 Å². The van der Waals surface area contributed by atoms with Gasteiger partial charge in [0.15, 0.2) is 0 Å². The van der Waals surface area contributed by atoms with Gasteiger partial charge in [-0.3, -0.25) is 0 Å². The second-order valence-electron chi connectivity index (χ2n) is 13.2.